The molecule has 0 aliphatic carbocycles. The summed E-state index contributed by atoms with van der Waals surface area (Å²) in [7, 11) is -3.38. The second kappa shape index (κ2) is 11.0. The SMILES string of the molecule is CCCS(=O)(=O)Nc1ccc(Oc2ncccc2-c2ccnc(N[C@H]3CCCNC3)n2)c(C)c1C. The number of benzene rings is 1. The first kappa shape index (κ1) is 24.9. The number of hydrogen-bond acceptors (Lipinski definition) is 8. The van der Waals surface area contributed by atoms with Crippen LogP contribution in [-0.4, -0.2) is 48.3 Å². The van der Waals surface area contributed by atoms with E-state index in [1.807, 2.05) is 39.0 Å². The Labute approximate surface area is 206 Å². The van der Waals surface area contributed by atoms with Crippen LogP contribution in [0.2, 0.25) is 0 Å². The average Bonchev–Trinajstić information content (AvgIpc) is 2.85. The molecular weight excluding hydrogens is 464 g/mol. The van der Waals surface area contributed by atoms with E-state index in [9.17, 15) is 8.42 Å². The summed E-state index contributed by atoms with van der Waals surface area (Å²) < 4.78 is 33.3. The maximum Gasteiger partial charge on any atom is 0.232 e. The van der Waals surface area contributed by atoms with Crippen LogP contribution in [0.5, 0.6) is 11.6 Å². The molecule has 2 aromatic heterocycles. The summed E-state index contributed by atoms with van der Waals surface area (Å²) in [5.74, 6) is 1.66. The minimum Gasteiger partial charge on any atom is -0.438 e. The maximum absolute atomic E-state index is 12.2. The van der Waals surface area contributed by atoms with Gasteiger partial charge >= 0.3 is 0 Å². The number of ether oxygens (including phenoxy) is 1. The molecule has 3 aromatic rings. The normalized spacial score (nSPS) is 16.0. The lowest BCUT2D eigenvalue weighted by Gasteiger charge is -2.23. The number of pyridine rings is 1. The highest BCUT2D eigenvalue weighted by Gasteiger charge is 2.18. The van der Waals surface area contributed by atoms with Crippen LogP contribution in [0.1, 0.15) is 37.3 Å². The molecule has 0 radical (unpaired) electrons. The van der Waals surface area contributed by atoms with Gasteiger partial charge in [0.25, 0.3) is 0 Å². The summed E-state index contributed by atoms with van der Waals surface area (Å²) in [4.78, 5) is 13.5. The molecule has 9 nitrogen and oxygen atoms in total. The molecule has 3 N–H and O–H groups in total. The predicted molar refractivity (Wildman–Crippen MR) is 138 cm³/mol. The lowest BCUT2D eigenvalue weighted by Crippen LogP contribution is -2.38. The lowest BCUT2D eigenvalue weighted by molar-refractivity contribution is 0.461. The maximum atomic E-state index is 12.2. The minimum absolute atomic E-state index is 0.0775. The third kappa shape index (κ3) is 6.26. The molecule has 35 heavy (non-hydrogen) atoms. The predicted octanol–water partition coefficient (Wildman–Crippen LogP) is 4.26. The van der Waals surface area contributed by atoms with Gasteiger partial charge in [-0.1, -0.05) is 6.92 Å². The molecule has 0 bridgehead atoms. The minimum atomic E-state index is -3.38. The number of anilines is 2. The quantitative estimate of drug-likeness (QED) is 0.402. The monoisotopic (exact) mass is 496 g/mol. The molecule has 186 valence electrons. The van der Waals surface area contributed by atoms with Gasteiger partial charge < -0.3 is 15.4 Å². The van der Waals surface area contributed by atoms with Gasteiger partial charge in [-0.25, -0.2) is 23.4 Å². The molecule has 0 unspecified atom stereocenters. The van der Waals surface area contributed by atoms with E-state index >= 15 is 0 Å². The fraction of sp³-hybridized carbons (Fsp3) is 0.400. The largest absolute Gasteiger partial charge is 0.438 e. The zero-order chi connectivity index (χ0) is 24.8. The highest BCUT2D eigenvalue weighted by atomic mass is 32.2. The topological polar surface area (TPSA) is 118 Å². The van der Waals surface area contributed by atoms with Gasteiger partial charge in [-0.2, -0.15) is 0 Å². The molecule has 1 aliphatic rings. The van der Waals surface area contributed by atoms with Gasteiger partial charge in [-0.15, -0.1) is 0 Å². The van der Waals surface area contributed by atoms with Crippen molar-refractivity contribution in [3.8, 4) is 22.9 Å². The number of hydrogen-bond donors (Lipinski definition) is 3. The van der Waals surface area contributed by atoms with Crippen molar-refractivity contribution in [1.82, 2.24) is 20.3 Å². The van der Waals surface area contributed by atoms with Crippen LogP contribution in [0.4, 0.5) is 11.6 Å². The van der Waals surface area contributed by atoms with Crippen LogP contribution in [0.15, 0.2) is 42.7 Å². The first-order valence-electron chi connectivity index (χ1n) is 11.9. The Morgan fingerprint density at radius 3 is 2.74 bits per heavy atom. The molecule has 1 saturated heterocycles. The standard InChI is InChI=1S/C25H32N6O3S/c1-4-15-35(32,33)31-21-9-10-23(18(3)17(21)2)34-24-20(8-6-13-27-24)22-11-14-28-25(30-22)29-19-7-5-12-26-16-19/h6,8-11,13-14,19,26,31H,4-5,7,12,15-16H2,1-3H3,(H,28,29,30)/t19-/m0/s1. The highest BCUT2D eigenvalue weighted by Crippen LogP contribution is 2.35. The molecule has 0 amide bonds. The number of nitrogens with one attached hydrogen (secondary N) is 3. The lowest BCUT2D eigenvalue weighted by atomic mass is 10.1. The van der Waals surface area contributed by atoms with E-state index in [0.29, 0.717) is 41.4 Å². The number of piperidine rings is 1. The van der Waals surface area contributed by atoms with Crippen LogP contribution in [0.3, 0.4) is 0 Å². The van der Waals surface area contributed by atoms with Crippen LogP contribution in [0.25, 0.3) is 11.3 Å². The highest BCUT2D eigenvalue weighted by molar-refractivity contribution is 7.92. The van der Waals surface area contributed by atoms with Crippen molar-refractivity contribution >= 4 is 21.7 Å². The molecule has 1 atom stereocenters. The summed E-state index contributed by atoms with van der Waals surface area (Å²) in [5.41, 5.74) is 3.62. The van der Waals surface area contributed by atoms with Crippen molar-refractivity contribution in [2.75, 3.05) is 28.9 Å². The summed E-state index contributed by atoms with van der Waals surface area (Å²) >= 11 is 0. The number of nitrogens with zero attached hydrogens (tertiary/aromatic N) is 3. The van der Waals surface area contributed by atoms with E-state index in [1.165, 1.54) is 0 Å². The Morgan fingerprint density at radius 1 is 1.11 bits per heavy atom. The Balaban J connectivity index is 1.57. The Bertz CT molecular complexity index is 1280. The summed E-state index contributed by atoms with van der Waals surface area (Å²) in [6.45, 7) is 7.53. The van der Waals surface area contributed by atoms with Crippen molar-refractivity contribution in [1.29, 1.82) is 0 Å². The van der Waals surface area contributed by atoms with Crippen molar-refractivity contribution < 1.29 is 13.2 Å². The van der Waals surface area contributed by atoms with Gasteiger partial charge in [0, 0.05) is 25.0 Å². The van der Waals surface area contributed by atoms with Gasteiger partial charge in [0.15, 0.2) is 0 Å². The molecule has 10 heteroatoms. The first-order chi connectivity index (χ1) is 16.9. The summed E-state index contributed by atoms with van der Waals surface area (Å²) in [6.07, 6.45) is 6.14. The molecule has 0 saturated carbocycles. The Kier molecular flexibility index (Phi) is 7.82. The molecular formula is C25H32N6O3S. The van der Waals surface area contributed by atoms with Gasteiger partial charge in [-0.3, -0.25) is 4.72 Å². The third-order valence-corrected chi connectivity index (χ3v) is 7.49. The van der Waals surface area contributed by atoms with Gasteiger partial charge in [0.2, 0.25) is 21.9 Å². The molecule has 1 aliphatic heterocycles. The molecule has 4 rings (SSSR count). The zero-order valence-corrected chi connectivity index (χ0v) is 21.2. The second-order valence-electron chi connectivity index (χ2n) is 8.69. The third-order valence-electron chi connectivity index (χ3n) is 6.02. The number of aromatic nitrogens is 3. The van der Waals surface area contributed by atoms with Crippen molar-refractivity contribution in [2.45, 2.75) is 46.1 Å². The van der Waals surface area contributed by atoms with E-state index < -0.39 is 10.0 Å². The number of rotatable bonds is 9. The number of sulfonamides is 1. The van der Waals surface area contributed by atoms with Gasteiger partial charge in [0.05, 0.1) is 22.7 Å². The van der Waals surface area contributed by atoms with Gasteiger partial charge in [0.1, 0.15) is 5.75 Å². The van der Waals surface area contributed by atoms with E-state index in [4.69, 9.17) is 9.72 Å². The summed E-state index contributed by atoms with van der Waals surface area (Å²) in [6, 6.07) is 9.35. The molecule has 0 spiro atoms. The molecule has 1 fully saturated rings. The summed E-state index contributed by atoms with van der Waals surface area (Å²) in [5, 5.41) is 6.79. The van der Waals surface area contributed by atoms with E-state index in [1.54, 1.807) is 24.5 Å². The van der Waals surface area contributed by atoms with Gasteiger partial charge in [-0.05, 0) is 81.1 Å². The van der Waals surface area contributed by atoms with E-state index in [0.717, 1.165) is 42.6 Å². The first-order valence-corrected chi connectivity index (χ1v) is 13.6. The van der Waals surface area contributed by atoms with Crippen LogP contribution in [0, 0.1) is 13.8 Å². The smallest absolute Gasteiger partial charge is 0.232 e. The second-order valence-corrected chi connectivity index (χ2v) is 10.5. The van der Waals surface area contributed by atoms with Crippen LogP contribution in [-0.2, 0) is 10.0 Å². The molecule has 1 aromatic carbocycles. The Hall–Kier alpha value is -3.24. The Morgan fingerprint density at radius 2 is 1.97 bits per heavy atom. The van der Waals surface area contributed by atoms with E-state index in [2.05, 4.69) is 25.3 Å². The fourth-order valence-electron chi connectivity index (χ4n) is 4.01. The zero-order valence-electron chi connectivity index (χ0n) is 20.3. The van der Waals surface area contributed by atoms with Crippen molar-refractivity contribution in [3.63, 3.8) is 0 Å². The molecule has 3 heterocycles. The average molecular weight is 497 g/mol. The fourth-order valence-corrected chi connectivity index (χ4v) is 5.21. The van der Waals surface area contributed by atoms with Crippen LogP contribution >= 0.6 is 0 Å². The van der Waals surface area contributed by atoms with Crippen molar-refractivity contribution in [2.24, 2.45) is 0 Å². The van der Waals surface area contributed by atoms with Crippen molar-refractivity contribution in [3.05, 3.63) is 53.9 Å². The van der Waals surface area contributed by atoms with Crippen LogP contribution < -0.4 is 20.1 Å². The van der Waals surface area contributed by atoms with E-state index in [-0.39, 0.29) is 5.75 Å².